The second-order valence-electron chi connectivity index (χ2n) is 4.88. The Hall–Kier alpha value is -0.830. The average molecular weight is 224 g/mol. The summed E-state index contributed by atoms with van der Waals surface area (Å²) in [6.45, 7) is 6.37. The number of nitrogens with one attached hydrogen (secondary N) is 1. The van der Waals surface area contributed by atoms with Crippen molar-refractivity contribution in [2.45, 2.75) is 51.0 Å². The van der Waals surface area contributed by atoms with Crippen LogP contribution in [0.5, 0.6) is 0 Å². The van der Waals surface area contributed by atoms with E-state index in [1.165, 1.54) is 19.3 Å². The van der Waals surface area contributed by atoms with Crippen LogP contribution in [0.15, 0.2) is 12.7 Å². The molecule has 0 spiro atoms. The van der Waals surface area contributed by atoms with E-state index in [-0.39, 0.29) is 11.4 Å². The number of nitrogens with two attached hydrogens (primary N) is 1. The highest BCUT2D eigenvalue weighted by molar-refractivity contribution is 5.77. The van der Waals surface area contributed by atoms with Gasteiger partial charge in [0.1, 0.15) is 0 Å². The highest BCUT2D eigenvalue weighted by Crippen LogP contribution is 2.32. The largest absolute Gasteiger partial charge is 0.349 e. The van der Waals surface area contributed by atoms with Crippen molar-refractivity contribution in [2.24, 2.45) is 11.7 Å². The minimum atomic E-state index is -0.156. The molecule has 1 amide bonds. The maximum Gasteiger partial charge on any atom is 0.220 e. The molecule has 3 N–H and O–H groups in total. The molecule has 3 heteroatoms. The predicted octanol–water partition coefficient (Wildman–Crippen LogP) is 1.98. The molecular weight excluding hydrogens is 200 g/mol. The Morgan fingerprint density at radius 2 is 2.38 bits per heavy atom. The zero-order valence-electron chi connectivity index (χ0n) is 10.3. The van der Waals surface area contributed by atoms with Crippen LogP contribution >= 0.6 is 0 Å². The van der Waals surface area contributed by atoms with Gasteiger partial charge in [0.05, 0.1) is 5.54 Å². The molecule has 1 rings (SSSR count). The number of hydrogen-bond acceptors (Lipinski definition) is 2. The van der Waals surface area contributed by atoms with Gasteiger partial charge in [-0.1, -0.05) is 25.8 Å². The number of allylic oxidation sites excluding steroid dienone is 1. The van der Waals surface area contributed by atoms with Crippen LogP contribution in [0.1, 0.15) is 45.4 Å². The van der Waals surface area contributed by atoms with Crippen molar-refractivity contribution in [3.05, 3.63) is 12.7 Å². The van der Waals surface area contributed by atoms with Gasteiger partial charge in [-0.3, -0.25) is 4.79 Å². The summed E-state index contributed by atoms with van der Waals surface area (Å²) < 4.78 is 0. The first-order valence-corrected chi connectivity index (χ1v) is 6.26. The Morgan fingerprint density at radius 1 is 1.62 bits per heavy atom. The second kappa shape index (κ2) is 6.04. The summed E-state index contributed by atoms with van der Waals surface area (Å²) in [6, 6.07) is 0. The molecule has 1 aliphatic carbocycles. The van der Waals surface area contributed by atoms with Gasteiger partial charge in [0.25, 0.3) is 0 Å². The van der Waals surface area contributed by atoms with E-state index >= 15 is 0 Å². The van der Waals surface area contributed by atoms with E-state index < -0.39 is 0 Å². The Kier molecular flexibility index (Phi) is 5.00. The lowest BCUT2D eigenvalue weighted by molar-refractivity contribution is -0.124. The van der Waals surface area contributed by atoms with Crippen molar-refractivity contribution >= 4 is 5.91 Å². The molecule has 92 valence electrons. The number of hydrogen-bond donors (Lipinski definition) is 2. The van der Waals surface area contributed by atoms with Gasteiger partial charge in [-0.2, -0.15) is 0 Å². The van der Waals surface area contributed by atoms with Crippen LogP contribution in [-0.4, -0.2) is 18.0 Å². The molecule has 0 aliphatic heterocycles. The minimum Gasteiger partial charge on any atom is -0.349 e. The molecule has 0 radical (unpaired) electrons. The van der Waals surface area contributed by atoms with E-state index in [1.54, 1.807) is 6.08 Å². The number of rotatable bonds is 5. The lowest BCUT2D eigenvalue weighted by Crippen LogP contribution is -2.59. The Morgan fingerprint density at radius 3 is 2.94 bits per heavy atom. The van der Waals surface area contributed by atoms with E-state index in [0.29, 0.717) is 18.9 Å². The number of carbonyl (C=O) groups is 1. The number of amides is 1. The lowest BCUT2D eigenvalue weighted by atomic mass is 9.73. The standard InChI is InChI=1S/C13H24N2O/c1-3-4-8-12(16)15-13(10-14)9-6-5-7-11(13)2/h3,11H,1,4-10,14H2,2H3,(H,15,16). The summed E-state index contributed by atoms with van der Waals surface area (Å²) in [4.78, 5) is 11.8. The van der Waals surface area contributed by atoms with Crippen molar-refractivity contribution in [1.29, 1.82) is 0 Å². The predicted molar refractivity (Wildman–Crippen MR) is 67.0 cm³/mol. The third-order valence-corrected chi connectivity index (χ3v) is 3.78. The van der Waals surface area contributed by atoms with Crippen molar-refractivity contribution in [2.75, 3.05) is 6.54 Å². The Bertz CT molecular complexity index is 252. The fourth-order valence-corrected chi connectivity index (χ4v) is 2.53. The lowest BCUT2D eigenvalue weighted by Gasteiger charge is -2.42. The fourth-order valence-electron chi connectivity index (χ4n) is 2.53. The van der Waals surface area contributed by atoms with Gasteiger partial charge >= 0.3 is 0 Å². The first kappa shape index (κ1) is 13.2. The summed E-state index contributed by atoms with van der Waals surface area (Å²) in [6.07, 6.45) is 7.65. The van der Waals surface area contributed by atoms with Gasteiger partial charge < -0.3 is 11.1 Å². The van der Waals surface area contributed by atoms with Crippen LogP contribution in [0, 0.1) is 5.92 Å². The molecule has 16 heavy (non-hydrogen) atoms. The molecule has 0 bridgehead atoms. The van der Waals surface area contributed by atoms with Crippen LogP contribution in [0.3, 0.4) is 0 Å². The highest BCUT2D eigenvalue weighted by Gasteiger charge is 2.37. The third-order valence-electron chi connectivity index (χ3n) is 3.78. The van der Waals surface area contributed by atoms with Crippen molar-refractivity contribution in [1.82, 2.24) is 5.32 Å². The molecule has 0 heterocycles. The quantitative estimate of drug-likeness (QED) is 0.702. The van der Waals surface area contributed by atoms with Crippen LogP contribution in [0.2, 0.25) is 0 Å². The Balaban J connectivity index is 2.57. The Labute approximate surface area is 98.5 Å². The topological polar surface area (TPSA) is 55.1 Å². The van der Waals surface area contributed by atoms with Crippen LogP contribution in [0.4, 0.5) is 0 Å². The van der Waals surface area contributed by atoms with E-state index in [9.17, 15) is 4.79 Å². The van der Waals surface area contributed by atoms with Gasteiger partial charge in [0.15, 0.2) is 0 Å². The fraction of sp³-hybridized carbons (Fsp3) is 0.769. The van der Waals surface area contributed by atoms with Crippen LogP contribution in [0.25, 0.3) is 0 Å². The smallest absolute Gasteiger partial charge is 0.220 e. The summed E-state index contributed by atoms with van der Waals surface area (Å²) >= 11 is 0. The summed E-state index contributed by atoms with van der Waals surface area (Å²) in [5, 5.41) is 3.15. The molecule has 1 saturated carbocycles. The molecule has 0 aromatic carbocycles. The van der Waals surface area contributed by atoms with Gasteiger partial charge in [0, 0.05) is 13.0 Å². The SMILES string of the molecule is C=CCCC(=O)NC1(CN)CCCCC1C. The summed E-state index contributed by atoms with van der Waals surface area (Å²) in [5.41, 5.74) is 5.71. The van der Waals surface area contributed by atoms with Gasteiger partial charge in [-0.15, -0.1) is 6.58 Å². The molecule has 0 aromatic heterocycles. The molecule has 0 aromatic rings. The molecule has 0 saturated heterocycles. The summed E-state index contributed by atoms with van der Waals surface area (Å²) in [5.74, 6) is 0.595. The van der Waals surface area contributed by atoms with E-state index in [2.05, 4.69) is 18.8 Å². The first-order valence-electron chi connectivity index (χ1n) is 6.26. The summed E-state index contributed by atoms with van der Waals surface area (Å²) in [7, 11) is 0. The monoisotopic (exact) mass is 224 g/mol. The zero-order valence-corrected chi connectivity index (χ0v) is 10.3. The molecule has 3 nitrogen and oxygen atoms in total. The molecule has 1 aliphatic rings. The molecule has 2 atom stereocenters. The number of carbonyl (C=O) groups excluding carboxylic acids is 1. The zero-order chi connectivity index (χ0) is 12.0. The van der Waals surface area contributed by atoms with E-state index in [0.717, 1.165) is 12.8 Å². The minimum absolute atomic E-state index is 0.110. The third kappa shape index (κ3) is 3.08. The van der Waals surface area contributed by atoms with Crippen LogP contribution in [-0.2, 0) is 4.79 Å². The molecule has 2 unspecified atom stereocenters. The van der Waals surface area contributed by atoms with Crippen molar-refractivity contribution in [3.63, 3.8) is 0 Å². The van der Waals surface area contributed by atoms with Gasteiger partial charge in [-0.05, 0) is 25.2 Å². The van der Waals surface area contributed by atoms with Crippen molar-refractivity contribution in [3.8, 4) is 0 Å². The average Bonchev–Trinajstić information content (AvgIpc) is 2.29. The molecule has 1 fully saturated rings. The second-order valence-corrected chi connectivity index (χ2v) is 4.88. The maximum atomic E-state index is 11.8. The molecular formula is C13H24N2O. The highest BCUT2D eigenvalue weighted by atomic mass is 16.1. The van der Waals surface area contributed by atoms with Gasteiger partial charge in [0.2, 0.25) is 5.91 Å². The van der Waals surface area contributed by atoms with E-state index in [1.807, 2.05) is 0 Å². The normalized spacial score (nSPS) is 29.8. The van der Waals surface area contributed by atoms with Crippen molar-refractivity contribution < 1.29 is 4.79 Å². The van der Waals surface area contributed by atoms with E-state index in [4.69, 9.17) is 5.73 Å². The first-order chi connectivity index (χ1) is 7.64. The maximum absolute atomic E-state index is 11.8. The van der Waals surface area contributed by atoms with Crippen LogP contribution < -0.4 is 11.1 Å². The van der Waals surface area contributed by atoms with Gasteiger partial charge in [-0.25, -0.2) is 0 Å².